The lowest BCUT2D eigenvalue weighted by molar-refractivity contribution is -0.126. The molecule has 1 amide bonds. The van der Waals surface area contributed by atoms with Crippen LogP contribution in [0.2, 0.25) is 0 Å². The summed E-state index contributed by atoms with van der Waals surface area (Å²) >= 11 is 1.58. The highest BCUT2D eigenvalue weighted by Crippen LogP contribution is 2.25. The first-order chi connectivity index (χ1) is 12.2. The molecule has 3 rings (SSSR count). The van der Waals surface area contributed by atoms with Gasteiger partial charge >= 0.3 is 0 Å². The lowest BCUT2D eigenvalue weighted by Gasteiger charge is -2.07. The van der Waals surface area contributed by atoms with Gasteiger partial charge in [0.1, 0.15) is 18.1 Å². The minimum absolute atomic E-state index is 0.0365. The molecule has 0 atom stereocenters. The zero-order valence-corrected chi connectivity index (χ0v) is 14.5. The van der Waals surface area contributed by atoms with E-state index in [0.29, 0.717) is 18.0 Å². The second kappa shape index (κ2) is 8.46. The highest BCUT2D eigenvalue weighted by Gasteiger charge is 2.09. The van der Waals surface area contributed by atoms with Crippen molar-refractivity contribution in [3.8, 4) is 16.4 Å². The Morgan fingerprint density at radius 3 is 3.00 bits per heavy atom. The molecule has 0 bridgehead atoms. The van der Waals surface area contributed by atoms with Crippen LogP contribution in [0.3, 0.4) is 0 Å². The molecule has 7 heteroatoms. The maximum absolute atomic E-state index is 11.8. The molecule has 0 fully saturated rings. The fourth-order valence-corrected chi connectivity index (χ4v) is 2.87. The summed E-state index contributed by atoms with van der Waals surface area (Å²) in [6, 6.07) is 13.3. The molecule has 1 aromatic carbocycles. The number of ether oxygens (including phenoxy) is 2. The summed E-state index contributed by atoms with van der Waals surface area (Å²) in [5.74, 6) is 1.27. The molecule has 0 aliphatic carbocycles. The van der Waals surface area contributed by atoms with E-state index >= 15 is 0 Å². The van der Waals surface area contributed by atoms with Crippen molar-refractivity contribution < 1.29 is 18.8 Å². The van der Waals surface area contributed by atoms with E-state index in [-0.39, 0.29) is 19.1 Å². The van der Waals surface area contributed by atoms with Gasteiger partial charge in [0.2, 0.25) is 5.91 Å². The topological polar surface area (TPSA) is 73.6 Å². The third kappa shape index (κ3) is 4.91. The monoisotopic (exact) mass is 358 g/mol. The summed E-state index contributed by atoms with van der Waals surface area (Å²) in [6.07, 6.45) is 0. The van der Waals surface area contributed by atoms with Crippen LogP contribution in [0.25, 0.3) is 10.6 Å². The molecule has 2 aromatic heterocycles. The van der Waals surface area contributed by atoms with Gasteiger partial charge in [-0.25, -0.2) is 0 Å². The summed E-state index contributed by atoms with van der Waals surface area (Å²) in [7, 11) is 1.61. The van der Waals surface area contributed by atoms with Crippen LogP contribution in [0.15, 0.2) is 52.4 Å². The van der Waals surface area contributed by atoms with Gasteiger partial charge in [-0.2, -0.15) is 0 Å². The van der Waals surface area contributed by atoms with E-state index in [1.807, 2.05) is 47.8 Å². The number of hydrogen-bond donors (Lipinski definition) is 1. The lowest BCUT2D eigenvalue weighted by Crippen LogP contribution is -2.27. The Bertz CT molecular complexity index is 814. The van der Waals surface area contributed by atoms with Crippen LogP contribution in [-0.2, 0) is 22.7 Å². The number of thiophene rings is 1. The first kappa shape index (κ1) is 17.2. The average molecular weight is 358 g/mol. The molecule has 130 valence electrons. The summed E-state index contributed by atoms with van der Waals surface area (Å²) < 4.78 is 15.8. The molecular weight excluding hydrogens is 340 g/mol. The minimum atomic E-state index is -0.190. The first-order valence-corrected chi connectivity index (χ1v) is 8.59. The third-order valence-electron chi connectivity index (χ3n) is 3.43. The van der Waals surface area contributed by atoms with E-state index in [4.69, 9.17) is 14.0 Å². The average Bonchev–Trinajstić information content (AvgIpc) is 3.31. The van der Waals surface area contributed by atoms with Gasteiger partial charge in [-0.15, -0.1) is 11.3 Å². The standard InChI is InChI=1S/C18H18N2O4S/c1-22-15-5-2-4-13(8-15)10-19-18(21)12-23-11-14-9-16(24-20-14)17-6-3-7-25-17/h2-9H,10-12H2,1H3,(H,19,21). The quantitative estimate of drug-likeness (QED) is 0.669. The van der Waals surface area contributed by atoms with Crippen LogP contribution in [0.4, 0.5) is 0 Å². The smallest absolute Gasteiger partial charge is 0.246 e. The van der Waals surface area contributed by atoms with E-state index in [1.54, 1.807) is 18.4 Å². The lowest BCUT2D eigenvalue weighted by atomic mass is 10.2. The van der Waals surface area contributed by atoms with E-state index in [9.17, 15) is 4.79 Å². The minimum Gasteiger partial charge on any atom is -0.497 e. The van der Waals surface area contributed by atoms with E-state index in [0.717, 1.165) is 16.2 Å². The molecule has 0 radical (unpaired) electrons. The fraction of sp³-hybridized carbons (Fsp3) is 0.222. The molecule has 0 aliphatic rings. The number of carbonyl (C=O) groups is 1. The molecule has 25 heavy (non-hydrogen) atoms. The summed E-state index contributed by atoms with van der Waals surface area (Å²) in [4.78, 5) is 12.9. The summed E-state index contributed by atoms with van der Waals surface area (Å²) in [6.45, 7) is 0.610. The van der Waals surface area contributed by atoms with Crippen LogP contribution in [-0.4, -0.2) is 24.8 Å². The van der Waals surface area contributed by atoms with Crippen LogP contribution in [0.1, 0.15) is 11.3 Å². The number of carbonyl (C=O) groups excluding carboxylic acids is 1. The van der Waals surface area contributed by atoms with Crippen molar-refractivity contribution in [2.75, 3.05) is 13.7 Å². The second-order valence-corrected chi connectivity index (χ2v) is 6.23. The zero-order chi connectivity index (χ0) is 17.5. The number of amides is 1. The van der Waals surface area contributed by atoms with E-state index < -0.39 is 0 Å². The Morgan fingerprint density at radius 1 is 1.28 bits per heavy atom. The molecule has 0 unspecified atom stereocenters. The van der Waals surface area contributed by atoms with Crippen molar-refractivity contribution in [3.05, 3.63) is 59.1 Å². The largest absolute Gasteiger partial charge is 0.497 e. The molecule has 2 heterocycles. The number of hydrogen-bond acceptors (Lipinski definition) is 6. The van der Waals surface area contributed by atoms with Gasteiger partial charge in [0.05, 0.1) is 18.6 Å². The maximum atomic E-state index is 11.8. The Labute approximate surface area is 149 Å². The van der Waals surface area contributed by atoms with Gasteiger partial charge in [-0.3, -0.25) is 4.79 Å². The van der Waals surface area contributed by atoms with Gasteiger partial charge in [0.25, 0.3) is 0 Å². The number of methoxy groups -OCH3 is 1. The molecule has 0 aliphatic heterocycles. The predicted octanol–water partition coefficient (Wildman–Crippen LogP) is 3.24. The van der Waals surface area contributed by atoms with Gasteiger partial charge in [-0.1, -0.05) is 23.4 Å². The predicted molar refractivity (Wildman–Crippen MR) is 94.3 cm³/mol. The van der Waals surface area contributed by atoms with Crippen molar-refractivity contribution in [1.82, 2.24) is 10.5 Å². The molecular formula is C18H18N2O4S. The maximum Gasteiger partial charge on any atom is 0.246 e. The van der Waals surface area contributed by atoms with Crippen LogP contribution >= 0.6 is 11.3 Å². The fourth-order valence-electron chi connectivity index (χ4n) is 2.20. The van der Waals surface area contributed by atoms with Gasteiger partial charge in [0.15, 0.2) is 5.76 Å². The zero-order valence-electron chi connectivity index (χ0n) is 13.7. The SMILES string of the molecule is COc1cccc(CNC(=O)COCc2cc(-c3cccs3)on2)c1. The number of rotatable bonds is 8. The van der Waals surface area contributed by atoms with Crippen LogP contribution in [0, 0.1) is 0 Å². The van der Waals surface area contributed by atoms with Gasteiger partial charge < -0.3 is 19.3 Å². The molecule has 1 N–H and O–H groups in total. The summed E-state index contributed by atoms with van der Waals surface area (Å²) in [5.41, 5.74) is 1.62. The number of nitrogens with one attached hydrogen (secondary N) is 1. The van der Waals surface area contributed by atoms with Crippen LogP contribution in [0.5, 0.6) is 5.75 Å². The molecule has 0 saturated carbocycles. The summed E-state index contributed by atoms with van der Waals surface area (Å²) in [5, 5.41) is 8.72. The van der Waals surface area contributed by atoms with Crippen LogP contribution < -0.4 is 10.1 Å². The van der Waals surface area contributed by atoms with Crippen molar-refractivity contribution in [2.45, 2.75) is 13.2 Å². The van der Waals surface area contributed by atoms with E-state index in [1.165, 1.54) is 0 Å². The highest BCUT2D eigenvalue weighted by molar-refractivity contribution is 7.13. The van der Waals surface area contributed by atoms with Gasteiger partial charge in [0, 0.05) is 12.6 Å². The number of benzene rings is 1. The number of aromatic nitrogens is 1. The molecule has 0 spiro atoms. The number of nitrogens with zero attached hydrogens (tertiary/aromatic N) is 1. The van der Waals surface area contributed by atoms with Crippen molar-refractivity contribution in [1.29, 1.82) is 0 Å². The normalized spacial score (nSPS) is 10.6. The Hall–Kier alpha value is -2.64. The first-order valence-electron chi connectivity index (χ1n) is 7.71. The Balaban J connectivity index is 1.40. The highest BCUT2D eigenvalue weighted by atomic mass is 32.1. The molecule has 3 aromatic rings. The van der Waals surface area contributed by atoms with Crippen molar-refractivity contribution in [2.24, 2.45) is 0 Å². The second-order valence-electron chi connectivity index (χ2n) is 5.28. The Morgan fingerprint density at radius 2 is 2.20 bits per heavy atom. The van der Waals surface area contributed by atoms with Crippen molar-refractivity contribution >= 4 is 17.2 Å². The third-order valence-corrected chi connectivity index (χ3v) is 4.31. The Kier molecular flexibility index (Phi) is 5.81. The molecule has 0 saturated heterocycles. The van der Waals surface area contributed by atoms with Gasteiger partial charge in [-0.05, 0) is 29.1 Å². The molecule has 6 nitrogen and oxygen atoms in total. The van der Waals surface area contributed by atoms with E-state index in [2.05, 4.69) is 10.5 Å². The van der Waals surface area contributed by atoms with Crippen molar-refractivity contribution in [3.63, 3.8) is 0 Å².